The van der Waals surface area contributed by atoms with E-state index in [2.05, 4.69) is 22.3 Å². The Morgan fingerprint density at radius 3 is 2.52 bits per heavy atom. The summed E-state index contributed by atoms with van der Waals surface area (Å²) in [7, 11) is 1.95. The van der Waals surface area contributed by atoms with Crippen molar-refractivity contribution in [3.05, 3.63) is 72.8 Å². The van der Waals surface area contributed by atoms with Crippen LogP contribution in [0.3, 0.4) is 0 Å². The molecule has 1 heterocycles. The molecule has 1 amide bonds. The number of likely N-dealkylation sites (N-methyl/N-ethyl adjacent to an activating group) is 1. The lowest BCUT2D eigenvalue weighted by molar-refractivity contribution is -0.117. The van der Waals surface area contributed by atoms with Crippen molar-refractivity contribution in [1.82, 2.24) is 19.7 Å². The van der Waals surface area contributed by atoms with E-state index in [1.54, 1.807) is 11.0 Å². The minimum absolute atomic E-state index is 0.0280. The maximum Gasteiger partial charge on any atom is 0.238 e. The zero-order chi connectivity index (χ0) is 17.6. The van der Waals surface area contributed by atoms with Crippen LogP contribution in [0.2, 0.25) is 0 Å². The first-order valence-electron chi connectivity index (χ1n) is 8.13. The van der Waals surface area contributed by atoms with Crippen molar-refractivity contribution in [3.8, 4) is 5.69 Å². The van der Waals surface area contributed by atoms with Crippen molar-refractivity contribution in [2.75, 3.05) is 18.9 Å². The number of amides is 1. The van der Waals surface area contributed by atoms with Gasteiger partial charge in [-0.1, -0.05) is 30.3 Å². The van der Waals surface area contributed by atoms with Crippen molar-refractivity contribution in [1.29, 1.82) is 0 Å². The van der Waals surface area contributed by atoms with E-state index in [-0.39, 0.29) is 11.9 Å². The van der Waals surface area contributed by atoms with Crippen LogP contribution in [0.1, 0.15) is 18.5 Å². The van der Waals surface area contributed by atoms with E-state index in [1.165, 1.54) is 6.33 Å². The maximum absolute atomic E-state index is 12.2. The molecule has 0 spiro atoms. The Hall–Kier alpha value is -2.99. The van der Waals surface area contributed by atoms with Gasteiger partial charge >= 0.3 is 0 Å². The largest absolute Gasteiger partial charge is 0.325 e. The van der Waals surface area contributed by atoms with Crippen LogP contribution in [0, 0.1) is 0 Å². The second-order valence-electron chi connectivity index (χ2n) is 5.94. The number of carbonyl (C=O) groups excluding carboxylic acids is 1. The molecule has 1 unspecified atom stereocenters. The summed E-state index contributed by atoms with van der Waals surface area (Å²) in [5, 5.41) is 7.03. The number of anilines is 1. The number of carbonyl (C=O) groups is 1. The molecule has 0 saturated heterocycles. The minimum atomic E-state index is -0.0280. The van der Waals surface area contributed by atoms with E-state index in [4.69, 9.17) is 0 Å². The second-order valence-corrected chi connectivity index (χ2v) is 5.94. The summed E-state index contributed by atoms with van der Waals surface area (Å²) in [6, 6.07) is 17.7. The van der Waals surface area contributed by atoms with Crippen molar-refractivity contribution >= 4 is 11.6 Å². The number of para-hydroxylation sites is 1. The molecule has 25 heavy (non-hydrogen) atoms. The standard InChI is InChI=1S/C19H21N5O/c1-15(16-8-10-18(11-9-16)24-14-20-13-21-24)23(2)12-19(25)22-17-6-4-3-5-7-17/h3-11,13-15H,12H2,1-2H3,(H,22,25). The van der Waals surface area contributed by atoms with E-state index in [0.717, 1.165) is 16.9 Å². The van der Waals surface area contributed by atoms with E-state index in [0.29, 0.717) is 6.54 Å². The van der Waals surface area contributed by atoms with Crippen LogP contribution < -0.4 is 5.32 Å². The van der Waals surface area contributed by atoms with Gasteiger partial charge < -0.3 is 5.32 Å². The zero-order valence-corrected chi connectivity index (χ0v) is 14.3. The highest BCUT2D eigenvalue weighted by molar-refractivity contribution is 5.92. The fourth-order valence-electron chi connectivity index (χ4n) is 2.59. The number of hydrogen-bond acceptors (Lipinski definition) is 4. The normalized spacial score (nSPS) is 12.1. The van der Waals surface area contributed by atoms with E-state index >= 15 is 0 Å². The van der Waals surface area contributed by atoms with Gasteiger partial charge in [0, 0.05) is 11.7 Å². The molecule has 6 nitrogen and oxygen atoms in total. The highest BCUT2D eigenvalue weighted by atomic mass is 16.2. The molecule has 1 atom stereocenters. The molecule has 1 N–H and O–H groups in total. The van der Waals surface area contributed by atoms with Gasteiger partial charge in [0.25, 0.3) is 0 Å². The number of aromatic nitrogens is 3. The van der Waals surface area contributed by atoms with E-state index in [9.17, 15) is 4.79 Å². The van der Waals surface area contributed by atoms with Crippen LogP contribution in [-0.2, 0) is 4.79 Å². The molecule has 2 aromatic carbocycles. The smallest absolute Gasteiger partial charge is 0.238 e. The van der Waals surface area contributed by atoms with Crippen molar-refractivity contribution < 1.29 is 4.79 Å². The van der Waals surface area contributed by atoms with Crippen molar-refractivity contribution in [3.63, 3.8) is 0 Å². The number of benzene rings is 2. The van der Waals surface area contributed by atoms with E-state index < -0.39 is 0 Å². The summed E-state index contributed by atoms with van der Waals surface area (Å²) in [6.45, 7) is 2.40. The average molecular weight is 335 g/mol. The molecule has 0 radical (unpaired) electrons. The number of nitrogens with zero attached hydrogens (tertiary/aromatic N) is 4. The highest BCUT2D eigenvalue weighted by Crippen LogP contribution is 2.20. The molecule has 0 bridgehead atoms. The lowest BCUT2D eigenvalue weighted by Gasteiger charge is -2.24. The summed E-state index contributed by atoms with van der Waals surface area (Å²) >= 11 is 0. The van der Waals surface area contributed by atoms with Gasteiger partial charge in [0.05, 0.1) is 12.2 Å². The minimum Gasteiger partial charge on any atom is -0.325 e. The molecule has 0 saturated carbocycles. The van der Waals surface area contributed by atoms with Gasteiger partial charge in [-0.3, -0.25) is 9.69 Å². The third kappa shape index (κ3) is 4.30. The van der Waals surface area contributed by atoms with Crippen LogP contribution in [0.15, 0.2) is 67.3 Å². The molecule has 128 valence electrons. The lowest BCUT2D eigenvalue weighted by atomic mass is 10.1. The van der Waals surface area contributed by atoms with Gasteiger partial charge in [0.1, 0.15) is 12.7 Å². The molecule has 0 aliphatic carbocycles. The van der Waals surface area contributed by atoms with E-state index in [1.807, 2.05) is 66.5 Å². The maximum atomic E-state index is 12.2. The zero-order valence-electron chi connectivity index (χ0n) is 14.3. The SMILES string of the molecule is CC(c1ccc(-n2cncn2)cc1)N(C)CC(=O)Nc1ccccc1. The Labute approximate surface area is 147 Å². The van der Waals surface area contributed by atoms with Crippen LogP contribution in [0.5, 0.6) is 0 Å². The monoisotopic (exact) mass is 335 g/mol. The fourth-order valence-corrected chi connectivity index (χ4v) is 2.59. The summed E-state index contributed by atoms with van der Waals surface area (Å²) in [5.41, 5.74) is 2.91. The first-order chi connectivity index (χ1) is 12.1. The summed E-state index contributed by atoms with van der Waals surface area (Å²) < 4.78 is 1.71. The summed E-state index contributed by atoms with van der Waals surface area (Å²) in [6.07, 6.45) is 3.17. The predicted octanol–water partition coefficient (Wildman–Crippen LogP) is 2.90. The Kier molecular flexibility index (Phi) is 5.20. The topological polar surface area (TPSA) is 63.1 Å². The Balaban J connectivity index is 1.60. The third-order valence-corrected chi connectivity index (χ3v) is 4.17. The quantitative estimate of drug-likeness (QED) is 0.752. The number of nitrogens with one attached hydrogen (secondary N) is 1. The van der Waals surface area contributed by atoms with Crippen LogP contribution in [-0.4, -0.2) is 39.2 Å². The Bertz CT molecular complexity index is 800. The molecule has 1 aromatic heterocycles. The van der Waals surface area contributed by atoms with Gasteiger partial charge in [-0.05, 0) is 43.8 Å². The van der Waals surface area contributed by atoms with Crippen molar-refractivity contribution in [2.45, 2.75) is 13.0 Å². The van der Waals surface area contributed by atoms with Gasteiger partial charge in [0.2, 0.25) is 5.91 Å². The van der Waals surface area contributed by atoms with Crippen molar-refractivity contribution in [2.24, 2.45) is 0 Å². The third-order valence-electron chi connectivity index (χ3n) is 4.17. The summed E-state index contributed by atoms with van der Waals surface area (Å²) in [5.74, 6) is -0.0280. The highest BCUT2D eigenvalue weighted by Gasteiger charge is 2.15. The summed E-state index contributed by atoms with van der Waals surface area (Å²) in [4.78, 5) is 18.2. The predicted molar refractivity (Wildman–Crippen MR) is 97.5 cm³/mol. The number of hydrogen-bond donors (Lipinski definition) is 1. The molecular weight excluding hydrogens is 314 g/mol. The lowest BCUT2D eigenvalue weighted by Crippen LogP contribution is -2.32. The second kappa shape index (κ2) is 7.72. The Morgan fingerprint density at radius 2 is 1.88 bits per heavy atom. The first kappa shape index (κ1) is 16.9. The van der Waals surface area contributed by atoms with Gasteiger partial charge in [-0.15, -0.1) is 0 Å². The molecule has 0 aliphatic rings. The molecule has 0 fully saturated rings. The van der Waals surface area contributed by atoms with Gasteiger partial charge in [-0.2, -0.15) is 5.10 Å². The molecular formula is C19H21N5O. The number of rotatable bonds is 6. The molecule has 3 aromatic rings. The first-order valence-corrected chi connectivity index (χ1v) is 8.13. The van der Waals surface area contributed by atoms with Crippen LogP contribution in [0.25, 0.3) is 5.69 Å². The average Bonchev–Trinajstić information content (AvgIpc) is 3.16. The van der Waals surface area contributed by atoms with Crippen LogP contribution >= 0.6 is 0 Å². The van der Waals surface area contributed by atoms with Crippen LogP contribution in [0.4, 0.5) is 5.69 Å². The molecule has 0 aliphatic heterocycles. The molecule has 6 heteroatoms. The van der Waals surface area contributed by atoms with Gasteiger partial charge in [-0.25, -0.2) is 9.67 Å². The molecule has 3 rings (SSSR count). The van der Waals surface area contributed by atoms with Gasteiger partial charge in [0.15, 0.2) is 0 Å². The fraction of sp³-hybridized carbons (Fsp3) is 0.211. The Morgan fingerprint density at radius 1 is 1.16 bits per heavy atom.